The fraction of sp³-hybridized carbons (Fsp3) is 0.667. The molecular formula is C9H15. The van der Waals surface area contributed by atoms with Gasteiger partial charge in [-0.1, -0.05) is 11.1 Å². The van der Waals surface area contributed by atoms with E-state index in [-0.39, 0.29) is 0 Å². The van der Waals surface area contributed by atoms with Gasteiger partial charge in [0.25, 0.3) is 0 Å². The van der Waals surface area contributed by atoms with Crippen LogP contribution in [0.3, 0.4) is 0 Å². The molecule has 0 heterocycles. The first-order valence-corrected chi connectivity index (χ1v) is 3.77. The first-order valence-electron chi connectivity index (χ1n) is 3.77. The third kappa shape index (κ3) is 1.85. The van der Waals surface area contributed by atoms with Crippen LogP contribution in [0.15, 0.2) is 11.1 Å². The molecule has 0 bridgehead atoms. The fourth-order valence-corrected chi connectivity index (χ4v) is 1.32. The van der Waals surface area contributed by atoms with E-state index in [1.165, 1.54) is 25.7 Å². The van der Waals surface area contributed by atoms with Gasteiger partial charge in [-0.05, 0) is 46.0 Å². The topological polar surface area (TPSA) is 0 Å². The molecule has 0 unspecified atom stereocenters. The highest BCUT2D eigenvalue weighted by molar-refractivity contribution is 5.12. The third-order valence-corrected chi connectivity index (χ3v) is 2.01. The molecule has 1 rings (SSSR count). The molecule has 0 spiro atoms. The van der Waals surface area contributed by atoms with Crippen molar-refractivity contribution < 1.29 is 0 Å². The minimum atomic E-state index is 1.31. The standard InChI is InChI=1S/C9H15/c1-8(2)9-6-4-3-5-7-9/h3H,4-7H2,1-2H3. The highest BCUT2D eigenvalue weighted by Crippen LogP contribution is 2.24. The van der Waals surface area contributed by atoms with E-state index in [1.54, 1.807) is 11.1 Å². The molecule has 1 radical (unpaired) electrons. The average Bonchev–Trinajstić information content (AvgIpc) is 1.90. The zero-order valence-corrected chi connectivity index (χ0v) is 6.41. The van der Waals surface area contributed by atoms with E-state index in [2.05, 4.69) is 20.3 Å². The molecule has 1 aliphatic carbocycles. The lowest BCUT2D eigenvalue weighted by Gasteiger charge is -2.14. The Bertz CT molecular complexity index is 108. The van der Waals surface area contributed by atoms with Gasteiger partial charge in [0.2, 0.25) is 0 Å². The predicted molar refractivity (Wildman–Crippen MR) is 41.1 cm³/mol. The predicted octanol–water partition coefficient (Wildman–Crippen LogP) is 3.10. The van der Waals surface area contributed by atoms with Gasteiger partial charge in [0, 0.05) is 0 Å². The lowest BCUT2D eigenvalue weighted by atomic mass is 9.92. The van der Waals surface area contributed by atoms with Crippen molar-refractivity contribution in [1.82, 2.24) is 0 Å². The average molecular weight is 123 g/mol. The molecule has 1 fully saturated rings. The van der Waals surface area contributed by atoms with Gasteiger partial charge in [-0.15, -0.1) is 0 Å². The van der Waals surface area contributed by atoms with E-state index >= 15 is 0 Å². The Hall–Kier alpha value is -0.260. The summed E-state index contributed by atoms with van der Waals surface area (Å²) in [7, 11) is 0. The Morgan fingerprint density at radius 2 is 1.78 bits per heavy atom. The SMILES string of the molecule is CC(C)=C1CC[CH]CC1. The summed E-state index contributed by atoms with van der Waals surface area (Å²) in [6.07, 6.45) is 7.65. The molecule has 9 heavy (non-hydrogen) atoms. The Morgan fingerprint density at radius 3 is 2.11 bits per heavy atom. The van der Waals surface area contributed by atoms with Gasteiger partial charge in [0.05, 0.1) is 0 Å². The maximum Gasteiger partial charge on any atom is -0.0315 e. The Balaban J connectivity index is 2.49. The van der Waals surface area contributed by atoms with Crippen LogP contribution in [0.1, 0.15) is 39.5 Å². The summed E-state index contributed by atoms with van der Waals surface area (Å²) >= 11 is 0. The number of hydrogen-bond donors (Lipinski definition) is 0. The van der Waals surface area contributed by atoms with Crippen LogP contribution in [-0.2, 0) is 0 Å². The normalized spacial score (nSPS) is 20.0. The summed E-state index contributed by atoms with van der Waals surface area (Å²) in [5, 5.41) is 0. The van der Waals surface area contributed by atoms with Crippen molar-refractivity contribution in [3.05, 3.63) is 17.6 Å². The second-order valence-corrected chi connectivity index (χ2v) is 2.97. The molecule has 0 aromatic carbocycles. The largest absolute Gasteiger partial charge is 0.0772 e. The zero-order valence-electron chi connectivity index (χ0n) is 6.41. The van der Waals surface area contributed by atoms with Crippen molar-refractivity contribution >= 4 is 0 Å². The lowest BCUT2D eigenvalue weighted by molar-refractivity contribution is 0.711. The first-order chi connectivity index (χ1) is 4.30. The molecule has 0 aliphatic heterocycles. The van der Waals surface area contributed by atoms with Gasteiger partial charge in [-0.25, -0.2) is 0 Å². The van der Waals surface area contributed by atoms with Gasteiger partial charge in [0.1, 0.15) is 0 Å². The molecule has 0 aromatic heterocycles. The molecule has 51 valence electrons. The molecule has 0 N–H and O–H groups in total. The van der Waals surface area contributed by atoms with Crippen LogP contribution in [0, 0.1) is 6.42 Å². The van der Waals surface area contributed by atoms with Crippen LogP contribution in [0.25, 0.3) is 0 Å². The number of hydrogen-bond acceptors (Lipinski definition) is 0. The maximum absolute atomic E-state index is 2.40. The number of allylic oxidation sites excluding steroid dienone is 2. The second kappa shape index (κ2) is 3.05. The Labute approximate surface area is 58.0 Å². The van der Waals surface area contributed by atoms with Crippen LogP contribution in [0.4, 0.5) is 0 Å². The highest BCUT2D eigenvalue weighted by Gasteiger charge is 2.05. The van der Waals surface area contributed by atoms with Crippen LogP contribution in [0.2, 0.25) is 0 Å². The fourth-order valence-electron chi connectivity index (χ4n) is 1.32. The Morgan fingerprint density at radius 1 is 1.22 bits per heavy atom. The summed E-state index contributed by atoms with van der Waals surface area (Å²) in [6.45, 7) is 4.45. The molecular weight excluding hydrogens is 108 g/mol. The maximum atomic E-state index is 2.40. The van der Waals surface area contributed by atoms with Crippen LogP contribution in [0.5, 0.6) is 0 Å². The van der Waals surface area contributed by atoms with Crippen LogP contribution in [-0.4, -0.2) is 0 Å². The van der Waals surface area contributed by atoms with Gasteiger partial charge in [-0.2, -0.15) is 0 Å². The quantitative estimate of drug-likeness (QED) is 0.434. The Kier molecular flexibility index (Phi) is 2.32. The van der Waals surface area contributed by atoms with Crippen LogP contribution >= 0.6 is 0 Å². The minimum Gasteiger partial charge on any atom is -0.0772 e. The van der Waals surface area contributed by atoms with Crippen molar-refractivity contribution in [1.29, 1.82) is 0 Å². The molecule has 0 heteroatoms. The van der Waals surface area contributed by atoms with Gasteiger partial charge in [0.15, 0.2) is 0 Å². The molecule has 0 amide bonds. The molecule has 1 aliphatic rings. The van der Waals surface area contributed by atoms with Crippen molar-refractivity contribution in [3.63, 3.8) is 0 Å². The highest BCUT2D eigenvalue weighted by atomic mass is 14.1. The smallest absolute Gasteiger partial charge is 0.0315 e. The molecule has 0 nitrogen and oxygen atoms in total. The number of rotatable bonds is 0. The zero-order chi connectivity index (χ0) is 6.69. The molecule has 1 saturated carbocycles. The molecule has 0 aromatic rings. The second-order valence-electron chi connectivity index (χ2n) is 2.97. The minimum absolute atomic E-state index is 1.31. The molecule has 0 saturated heterocycles. The summed E-state index contributed by atoms with van der Waals surface area (Å²) in [5.74, 6) is 0. The van der Waals surface area contributed by atoms with Crippen molar-refractivity contribution in [3.8, 4) is 0 Å². The van der Waals surface area contributed by atoms with Gasteiger partial charge in [-0.3, -0.25) is 0 Å². The van der Waals surface area contributed by atoms with Crippen molar-refractivity contribution in [2.24, 2.45) is 0 Å². The lowest BCUT2D eigenvalue weighted by Crippen LogP contribution is -1.95. The van der Waals surface area contributed by atoms with Gasteiger partial charge < -0.3 is 0 Å². The van der Waals surface area contributed by atoms with Crippen LogP contribution < -0.4 is 0 Å². The monoisotopic (exact) mass is 123 g/mol. The summed E-state index contributed by atoms with van der Waals surface area (Å²) in [4.78, 5) is 0. The molecule has 0 atom stereocenters. The first kappa shape index (κ1) is 6.85. The van der Waals surface area contributed by atoms with Gasteiger partial charge >= 0.3 is 0 Å². The van der Waals surface area contributed by atoms with Crippen molar-refractivity contribution in [2.75, 3.05) is 0 Å². The van der Waals surface area contributed by atoms with E-state index in [0.29, 0.717) is 0 Å². The summed E-state index contributed by atoms with van der Waals surface area (Å²) in [6, 6.07) is 0. The summed E-state index contributed by atoms with van der Waals surface area (Å²) < 4.78 is 0. The van der Waals surface area contributed by atoms with E-state index in [4.69, 9.17) is 0 Å². The third-order valence-electron chi connectivity index (χ3n) is 2.01. The van der Waals surface area contributed by atoms with E-state index in [0.717, 1.165) is 0 Å². The van der Waals surface area contributed by atoms with E-state index in [1.807, 2.05) is 0 Å². The van der Waals surface area contributed by atoms with Crippen molar-refractivity contribution in [2.45, 2.75) is 39.5 Å². The van der Waals surface area contributed by atoms with E-state index in [9.17, 15) is 0 Å². The van der Waals surface area contributed by atoms with E-state index < -0.39 is 0 Å². The summed E-state index contributed by atoms with van der Waals surface area (Å²) in [5.41, 5.74) is 3.24.